The summed E-state index contributed by atoms with van der Waals surface area (Å²) in [6.07, 6.45) is 1.59. The van der Waals surface area contributed by atoms with Crippen molar-refractivity contribution in [3.63, 3.8) is 0 Å². The van der Waals surface area contributed by atoms with E-state index in [-0.39, 0.29) is 17.2 Å². The number of carbonyl (C=O) groups is 1. The number of anilines is 1. The van der Waals surface area contributed by atoms with Crippen LogP contribution < -0.4 is 9.64 Å². The van der Waals surface area contributed by atoms with E-state index in [0.29, 0.717) is 5.82 Å². The van der Waals surface area contributed by atoms with Crippen LogP contribution in [-0.2, 0) is 0 Å². The smallest absolute Gasteiger partial charge is 0.259 e. The van der Waals surface area contributed by atoms with Gasteiger partial charge in [-0.3, -0.25) is 9.69 Å². The molecule has 0 fully saturated rings. The number of hydrogen-bond acceptors (Lipinski definition) is 3. The van der Waals surface area contributed by atoms with Crippen LogP contribution in [0.25, 0.3) is 0 Å². The van der Waals surface area contributed by atoms with Gasteiger partial charge in [0.05, 0.1) is 7.11 Å². The summed E-state index contributed by atoms with van der Waals surface area (Å²) in [4.78, 5) is 17.6. The quantitative estimate of drug-likeness (QED) is 0.851. The minimum atomic E-state index is -0.567. The molecule has 5 heteroatoms. The Labute approximate surface area is 110 Å². The van der Waals surface area contributed by atoms with Crippen LogP contribution in [0, 0.1) is 5.82 Å². The Bertz CT molecular complexity index is 587. The molecular weight excluding hydrogens is 247 g/mol. The Morgan fingerprint density at radius 1 is 1.32 bits per heavy atom. The van der Waals surface area contributed by atoms with Crippen molar-refractivity contribution in [2.45, 2.75) is 0 Å². The van der Waals surface area contributed by atoms with E-state index in [9.17, 15) is 9.18 Å². The maximum atomic E-state index is 13.6. The molecule has 0 N–H and O–H groups in total. The number of ether oxygens (including phenoxy) is 1. The first kappa shape index (κ1) is 13.0. The highest BCUT2D eigenvalue weighted by atomic mass is 19.1. The molecule has 0 radical (unpaired) electrons. The first-order valence-corrected chi connectivity index (χ1v) is 5.66. The zero-order chi connectivity index (χ0) is 13.8. The zero-order valence-electron chi connectivity index (χ0n) is 10.6. The number of carbonyl (C=O) groups excluding carboxylic acids is 1. The Kier molecular flexibility index (Phi) is 3.75. The van der Waals surface area contributed by atoms with E-state index in [1.165, 1.54) is 24.1 Å². The highest BCUT2D eigenvalue weighted by Gasteiger charge is 2.16. The predicted molar refractivity (Wildman–Crippen MR) is 69.9 cm³/mol. The fraction of sp³-hybridized carbons (Fsp3) is 0.143. The molecule has 0 unspecified atom stereocenters. The van der Waals surface area contributed by atoms with Gasteiger partial charge in [-0.1, -0.05) is 6.07 Å². The lowest BCUT2D eigenvalue weighted by molar-refractivity contribution is 0.0992. The third kappa shape index (κ3) is 2.70. The average Bonchev–Trinajstić information content (AvgIpc) is 2.46. The summed E-state index contributed by atoms with van der Waals surface area (Å²) >= 11 is 0. The van der Waals surface area contributed by atoms with E-state index < -0.39 is 5.82 Å². The van der Waals surface area contributed by atoms with Gasteiger partial charge in [-0.25, -0.2) is 9.37 Å². The number of benzene rings is 1. The third-order valence-electron chi connectivity index (χ3n) is 2.70. The van der Waals surface area contributed by atoms with Crippen LogP contribution >= 0.6 is 0 Å². The Morgan fingerprint density at radius 2 is 2.11 bits per heavy atom. The number of aromatic nitrogens is 1. The van der Waals surface area contributed by atoms with Gasteiger partial charge in [0.1, 0.15) is 5.82 Å². The summed E-state index contributed by atoms with van der Waals surface area (Å²) in [7, 11) is 2.97. The molecule has 0 bridgehead atoms. The summed E-state index contributed by atoms with van der Waals surface area (Å²) in [6.45, 7) is 0. The molecule has 0 aliphatic carbocycles. The number of halogens is 1. The van der Waals surface area contributed by atoms with Crippen molar-refractivity contribution < 1.29 is 13.9 Å². The lowest BCUT2D eigenvalue weighted by atomic mass is 10.2. The van der Waals surface area contributed by atoms with Crippen molar-refractivity contribution in [2.24, 2.45) is 0 Å². The SMILES string of the molecule is COc1ccc(C(=O)N(C)c2ccccn2)cc1F. The number of pyridine rings is 1. The molecule has 1 heterocycles. The van der Waals surface area contributed by atoms with Crippen molar-refractivity contribution in [3.8, 4) is 5.75 Å². The van der Waals surface area contributed by atoms with Gasteiger partial charge in [-0.05, 0) is 30.3 Å². The Balaban J connectivity index is 2.27. The monoisotopic (exact) mass is 260 g/mol. The molecule has 98 valence electrons. The van der Waals surface area contributed by atoms with E-state index in [2.05, 4.69) is 4.98 Å². The van der Waals surface area contributed by atoms with Gasteiger partial charge in [-0.2, -0.15) is 0 Å². The van der Waals surface area contributed by atoms with Crippen molar-refractivity contribution in [1.29, 1.82) is 0 Å². The summed E-state index contributed by atoms with van der Waals surface area (Å²) in [6, 6.07) is 9.34. The van der Waals surface area contributed by atoms with Gasteiger partial charge in [0, 0.05) is 18.8 Å². The minimum Gasteiger partial charge on any atom is -0.494 e. The molecule has 0 atom stereocenters. The van der Waals surface area contributed by atoms with Crippen LogP contribution in [-0.4, -0.2) is 25.0 Å². The first-order chi connectivity index (χ1) is 9.13. The molecule has 4 nitrogen and oxygen atoms in total. The Morgan fingerprint density at radius 3 is 2.68 bits per heavy atom. The number of methoxy groups -OCH3 is 1. The molecule has 1 amide bonds. The summed E-state index contributed by atoms with van der Waals surface area (Å²) in [5.74, 6) is -0.288. The van der Waals surface area contributed by atoms with Gasteiger partial charge in [-0.15, -0.1) is 0 Å². The van der Waals surface area contributed by atoms with Crippen LogP contribution in [0.2, 0.25) is 0 Å². The van der Waals surface area contributed by atoms with Crippen molar-refractivity contribution in [2.75, 3.05) is 19.1 Å². The van der Waals surface area contributed by atoms with E-state index in [1.807, 2.05) is 0 Å². The maximum Gasteiger partial charge on any atom is 0.259 e. The second-order valence-corrected chi connectivity index (χ2v) is 3.90. The molecule has 0 saturated heterocycles. The van der Waals surface area contributed by atoms with E-state index in [1.54, 1.807) is 31.4 Å². The molecule has 19 heavy (non-hydrogen) atoms. The fourth-order valence-corrected chi connectivity index (χ4v) is 1.65. The third-order valence-corrected chi connectivity index (χ3v) is 2.70. The van der Waals surface area contributed by atoms with Crippen LogP contribution in [0.15, 0.2) is 42.6 Å². The van der Waals surface area contributed by atoms with E-state index in [0.717, 1.165) is 6.07 Å². The second-order valence-electron chi connectivity index (χ2n) is 3.90. The Hall–Kier alpha value is -2.43. The summed E-state index contributed by atoms with van der Waals surface area (Å²) < 4.78 is 18.4. The van der Waals surface area contributed by atoms with Crippen molar-refractivity contribution >= 4 is 11.7 Å². The molecular formula is C14H13FN2O2. The molecule has 2 aromatic rings. The summed E-state index contributed by atoms with van der Waals surface area (Å²) in [5.41, 5.74) is 0.242. The van der Waals surface area contributed by atoms with Gasteiger partial charge in [0.2, 0.25) is 0 Å². The number of amides is 1. The van der Waals surface area contributed by atoms with Crippen molar-refractivity contribution in [3.05, 3.63) is 54.0 Å². The summed E-state index contributed by atoms with van der Waals surface area (Å²) in [5, 5.41) is 0. The number of hydrogen-bond donors (Lipinski definition) is 0. The normalized spacial score (nSPS) is 10.1. The standard InChI is InChI=1S/C14H13FN2O2/c1-17(13-5-3-4-8-16-13)14(18)10-6-7-12(19-2)11(15)9-10/h3-9H,1-2H3. The highest BCUT2D eigenvalue weighted by Crippen LogP contribution is 2.19. The number of rotatable bonds is 3. The molecule has 0 saturated carbocycles. The molecule has 2 rings (SSSR count). The maximum absolute atomic E-state index is 13.6. The van der Waals surface area contributed by atoms with Gasteiger partial charge in [0.25, 0.3) is 5.91 Å². The predicted octanol–water partition coefficient (Wildman–Crippen LogP) is 2.51. The molecule has 0 aliphatic heterocycles. The van der Waals surface area contributed by atoms with E-state index >= 15 is 0 Å². The largest absolute Gasteiger partial charge is 0.494 e. The lowest BCUT2D eigenvalue weighted by Gasteiger charge is -2.16. The number of nitrogens with zero attached hydrogens (tertiary/aromatic N) is 2. The van der Waals surface area contributed by atoms with Gasteiger partial charge < -0.3 is 4.74 Å². The lowest BCUT2D eigenvalue weighted by Crippen LogP contribution is -2.27. The van der Waals surface area contributed by atoms with Crippen molar-refractivity contribution in [1.82, 2.24) is 4.98 Å². The molecule has 1 aromatic heterocycles. The van der Waals surface area contributed by atoms with E-state index in [4.69, 9.17) is 4.74 Å². The molecule has 0 aliphatic rings. The fourth-order valence-electron chi connectivity index (χ4n) is 1.65. The van der Waals surface area contributed by atoms with Gasteiger partial charge >= 0.3 is 0 Å². The van der Waals surface area contributed by atoms with Crippen LogP contribution in [0.1, 0.15) is 10.4 Å². The zero-order valence-corrected chi connectivity index (χ0v) is 10.6. The van der Waals surface area contributed by atoms with Crippen LogP contribution in [0.4, 0.5) is 10.2 Å². The average molecular weight is 260 g/mol. The highest BCUT2D eigenvalue weighted by molar-refractivity contribution is 6.05. The minimum absolute atomic E-state index is 0.108. The molecule has 1 aromatic carbocycles. The topological polar surface area (TPSA) is 42.4 Å². The second kappa shape index (κ2) is 5.48. The van der Waals surface area contributed by atoms with Gasteiger partial charge in [0.15, 0.2) is 11.6 Å². The molecule has 0 spiro atoms. The van der Waals surface area contributed by atoms with Crippen LogP contribution in [0.3, 0.4) is 0 Å². The first-order valence-electron chi connectivity index (χ1n) is 5.66. The van der Waals surface area contributed by atoms with Crippen LogP contribution in [0.5, 0.6) is 5.75 Å².